The molecular formula is C24H26ClN3O2. The van der Waals surface area contributed by atoms with Gasteiger partial charge in [0.1, 0.15) is 5.70 Å². The fraction of sp³-hybridized carbons (Fsp3) is 0.333. The average molecular weight is 424 g/mol. The SMILES string of the molecule is CC(C)c1ccc(N2C(=O)C(c3ccc(Cl)cc3)=C(N3CCN(C)CC3)C2=O)cc1. The van der Waals surface area contributed by atoms with Crippen LogP contribution in [0.5, 0.6) is 0 Å². The maximum absolute atomic E-state index is 13.5. The first-order chi connectivity index (χ1) is 14.4. The molecule has 1 fully saturated rings. The maximum atomic E-state index is 13.5. The van der Waals surface area contributed by atoms with E-state index in [4.69, 9.17) is 11.6 Å². The van der Waals surface area contributed by atoms with Gasteiger partial charge in [0, 0.05) is 31.2 Å². The zero-order chi connectivity index (χ0) is 21.4. The molecule has 2 aromatic carbocycles. The standard InChI is InChI=1S/C24H26ClN3O2/c1-16(2)17-6-10-20(11-7-17)28-23(29)21(18-4-8-19(25)9-5-18)22(24(28)30)27-14-12-26(3)13-15-27/h4-11,16H,12-15H2,1-3H3. The van der Waals surface area contributed by atoms with E-state index >= 15 is 0 Å². The molecule has 0 saturated carbocycles. The van der Waals surface area contributed by atoms with Gasteiger partial charge in [0.05, 0.1) is 11.3 Å². The molecule has 30 heavy (non-hydrogen) atoms. The fourth-order valence-corrected chi connectivity index (χ4v) is 4.09. The van der Waals surface area contributed by atoms with E-state index in [9.17, 15) is 9.59 Å². The smallest absolute Gasteiger partial charge is 0.282 e. The topological polar surface area (TPSA) is 43.9 Å². The van der Waals surface area contributed by atoms with Crippen LogP contribution in [-0.2, 0) is 9.59 Å². The van der Waals surface area contributed by atoms with Crippen LogP contribution in [0.4, 0.5) is 5.69 Å². The third-order valence-corrected chi connectivity index (χ3v) is 6.08. The Morgan fingerprint density at radius 2 is 1.43 bits per heavy atom. The highest BCUT2D eigenvalue weighted by molar-refractivity contribution is 6.45. The number of likely N-dealkylation sites (N-methyl/N-ethyl adjacent to an activating group) is 1. The lowest BCUT2D eigenvalue weighted by Gasteiger charge is -2.34. The predicted octanol–water partition coefficient (Wildman–Crippen LogP) is 4.00. The first kappa shape index (κ1) is 20.6. The number of benzene rings is 2. The lowest BCUT2D eigenvalue weighted by atomic mass is 10.0. The van der Waals surface area contributed by atoms with E-state index in [1.165, 1.54) is 10.5 Å². The van der Waals surface area contributed by atoms with Crippen LogP contribution >= 0.6 is 11.6 Å². The minimum Gasteiger partial charge on any atom is -0.364 e. The Balaban J connectivity index is 1.76. The van der Waals surface area contributed by atoms with Crippen LogP contribution in [0, 0.1) is 0 Å². The first-order valence-corrected chi connectivity index (χ1v) is 10.7. The number of nitrogens with zero attached hydrogens (tertiary/aromatic N) is 3. The summed E-state index contributed by atoms with van der Waals surface area (Å²) in [5.74, 6) is -0.159. The lowest BCUT2D eigenvalue weighted by molar-refractivity contribution is -0.120. The highest BCUT2D eigenvalue weighted by Gasteiger charge is 2.42. The Labute approximate surface area is 182 Å². The van der Waals surface area contributed by atoms with Gasteiger partial charge in [-0.05, 0) is 48.4 Å². The van der Waals surface area contributed by atoms with Gasteiger partial charge in [-0.15, -0.1) is 0 Å². The summed E-state index contributed by atoms with van der Waals surface area (Å²) >= 11 is 6.06. The van der Waals surface area contributed by atoms with Crippen molar-refractivity contribution in [1.29, 1.82) is 0 Å². The molecule has 2 aliphatic heterocycles. The van der Waals surface area contributed by atoms with Gasteiger partial charge in [-0.3, -0.25) is 9.59 Å². The number of amides is 2. The van der Waals surface area contributed by atoms with Crippen LogP contribution in [-0.4, -0.2) is 54.8 Å². The normalized spacial score (nSPS) is 18.2. The molecule has 2 amide bonds. The minimum atomic E-state index is -0.284. The third kappa shape index (κ3) is 3.75. The maximum Gasteiger partial charge on any atom is 0.282 e. The fourth-order valence-electron chi connectivity index (χ4n) is 3.96. The molecular weight excluding hydrogens is 398 g/mol. The summed E-state index contributed by atoms with van der Waals surface area (Å²) < 4.78 is 0. The van der Waals surface area contributed by atoms with Gasteiger partial charge in [0.15, 0.2) is 0 Å². The number of hydrogen-bond acceptors (Lipinski definition) is 4. The monoisotopic (exact) mass is 423 g/mol. The lowest BCUT2D eigenvalue weighted by Crippen LogP contribution is -2.46. The van der Waals surface area contributed by atoms with E-state index in [0.717, 1.165) is 13.1 Å². The quantitative estimate of drug-likeness (QED) is 0.697. The molecule has 5 nitrogen and oxygen atoms in total. The molecule has 1 saturated heterocycles. The number of rotatable bonds is 4. The van der Waals surface area contributed by atoms with Gasteiger partial charge < -0.3 is 9.80 Å². The van der Waals surface area contributed by atoms with Gasteiger partial charge in [0.2, 0.25) is 0 Å². The van der Waals surface area contributed by atoms with Crippen molar-refractivity contribution in [3.63, 3.8) is 0 Å². The Bertz CT molecular complexity index is 988. The van der Waals surface area contributed by atoms with Gasteiger partial charge in [0.25, 0.3) is 11.8 Å². The van der Waals surface area contributed by atoms with Crippen molar-refractivity contribution in [2.24, 2.45) is 0 Å². The van der Waals surface area contributed by atoms with E-state index in [1.807, 2.05) is 41.3 Å². The van der Waals surface area contributed by atoms with Crippen LogP contribution in [0.15, 0.2) is 54.2 Å². The van der Waals surface area contributed by atoms with Crippen LogP contribution in [0.3, 0.4) is 0 Å². The number of halogens is 1. The summed E-state index contributed by atoms with van der Waals surface area (Å²) in [6.45, 7) is 7.35. The minimum absolute atomic E-state index is 0.258. The summed E-state index contributed by atoms with van der Waals surface area (Å²) in [4.78, 5) is 32.6. The second-order valence-corrected chi connectivity index (χ2v) is 8.65. The predicted molar refractivity (Wildman–Crippen MR) is 120 cm³/mol. The molecule has 4 rings (SSSR count). The van der Waals surface area contributed by atoms with Crippen LogP contribution in [0.25, 0.3) is 5.57 Å². The van der Waals surface area contributed by atoms with Gasteiger partial charge >= 0.3 is 0 Å². The molecule has 2 aromatic rings. The highest BCUT2D eigenvalue weighted by atomic mass is 35.5. The highest BCUT2D eigenvalue weighted by Crippen LogP contribution is 2.36. The van der Waals surface area contributed by atoms with Crippen molar-refractivity contribution in [1.82, 2.24) is 9.80 Å². The van der Waals surface area contributed by atoms with Crippen molar-refractivity contribution >= 4 is 34.7 Å². The Morgan fingerprint density at radius 1 is 0.833 bits per heavy atom. The molecule has 0 bridgehead atoms. The largest absolute Gasteiger partial charge is 0.364 e. The van der Waals surface area contributed by atoms with E-state index in [0.29, 0.717) is 46.6 Å². The van der Waals surface area contributed by atoms with E-state index in [1.54, 1.807) is 12.1 Å². The molecule has 2 heterocycles. The number of anilines is 1. The van der Waals surface area contributed by atoms with Crippen LogP contribution < -0.4 is 4.90 Å². The molecule has 0 spiro atoms. The summed E-state index contributed by atoms with van der Waals surface area (Å²) in [5.41, 5.74) is 3.43. The van der Waals surface area contributed by atoms with Crippen molar-refractivity contribution in [2.75, 3.05) is 38.1 Å². The zero-order valence-corrected chi connectivity index (χ0v) is 18.3. The van der Waals surface area contributed by atoms with Gasteiger partial charge in [-0.25, -0.2) is 4.90 Å². The molecule has 0 unspecified atom stereocenters. The Morgan fingerprint density at radius 3 is 2.00 bits per heavy atom. The van der Waals surface area contributed by atoms with Crippen molar-refractivity contribution in [3.8, 4) is 0 Å². The molecule has 0 atom stereocenters. The second-order valence-electron chi connectivity index (χ2n) is 8.21. The van der Waals surface area contributed by atoms with Gasteiger partial charge in [-0.1, -0.05) is 49.7 Å². The third-order valence-electron chi connectivity index (χ3n) is 5.83. The summed E-state index contributed by atoms with van der Waals surface area (Å²) in [7, 11) is 2.07. The van der Waals surface area contributed by atoms with Crippen molar-refractivity contribution in [3.05, 3.63) is 70.4 Å². The van der Waals surface area contributed by atoms with E-state index in [2.05, 4.69) is 25.8 Å². The summed E-state index contributed by atoms with van der Waals surface area (Å²) in [6.07, 6.45) is 0. The second kappa shape index (κ2) is 8.25. The van der Waals surface area contributed by atoms with Gasteiger partial charge in [-0.2, -0.15) is 0 Å². The van der Waals surface area contributed by atoms with Crippen molar-refractivity contribution < 1.29 is 9.59 Å². The molecule has 0 aromatic heterocycles. The van der Waals surface area contributed by atoms with Crippen molar-refractivity contribution in [2.45, 2.75) is 19.8 Å². The number of piperazine rings is 1. The van der Waals surface area contributed by atoms with Crippen LogP contribution in [0.1, 0.15) is 30.9 Å². The van der Waals surface area contributed by atoms with Crippen LogP contribution in [0.2, 0.25) is 5.02 Å². The number of hydrogen-bond donors (Lipinski definition) is 0. The van der Waals surface area contributed by atoms with E-state index in [-0.39, 0.29) is 11.8 Å². The average Bonchev–Trinajstić information content (AvgIpc) is 2.99. The molecule has 6 heteroatoms. The summed E-state index contributed by atoms with van der Waals surface area (Å²) in [5, 5.41) is 0.596. The molecule has 0 radical (unpaired) electrons. The molecule has 0 N–H and O–H groups in total. The Hall–Kier alpha value is -2.63. The zero-order valence-electron chi connectivity index (χ0n) is 17.6. The summed E-state index contributed by atoms with van der Waals surface area (Å²) in [6, 6.07) is 14.8. The Kier molecular flexibility index (Phi) is 5.67. The number of carbonyl (C=O) groups excluding carboxylic acids is 2. The molecule has 0 aliphatic carbocycles. The number of imide groups is 1. The number of carbonyl (C=O) groups is 2. The molecule has 156 valence electrons. The van der Waals surface area contributed by atoms with E-state index < -0.39 is 0 Å². The molecule has 2 aliphatic rings. The first-order valence-electron chi connectivity index (χ1n) is 10.3.